The summed E-state index contributed by atoms with van der Waals surface area (Å²) in [6.07, 6.45) is 0. The van der Waals surface area contributed by atoms with Crippen LogP contribution in [0.5, 0.6) is 34.5 Å². The van der Waals surface area contributed by atoms with Crippen LogP contribution in [0.1, 0.15) is 0 Å². The van der Waals surface area contributed by atoms with E-state index in [1.54, 1.807) is 0 Å². The molecule has 14 heteroatoms. The van der Waals surface area contributed by atoms with E-state index in [0.29, 0.717) is 0 Å². The average molecular weight is 591 g/mol. The van der Waals surface area contributed by atoms with E-state index in [1.807, 2.05) is 0 Å². The molecule has 4 aromatic carbocycles. The zero-order valence-corrected chi connectivity index (χ0v) is 25.5. The van der Waals surface area contributed by atoms with Crippen LogP contribution >= 0.6 is 0 Å². The summed E-state index contributed by atoms with van der Waals surface area (Å²) in [6.45, 7) is 0. The van der Waals surface area contributed by atoms with Crippen molar-refractivity contribution in [3.8, 4) is 45.6 Å². The van der Waals surface area contributed by atoms with Crippen molar-refractivity contribution < 1.29 is 158 Å². The number of benzene rings is 4. The van der Waals surface area contributed by atoms with E-state index in [0.717, 1.165) is 24.3 Å². The minimum Gasteiger partial charge on any atom is -0.870 e. The van der Waals surface area contributed by atoms with Crippen LogP contribution in [0.15, 0.2) is 48.5 Å². The monoisotopic (exact) mass is 590 g/mol. The third kappa shape index (κ3) is 6.09. The van der Waals surface area contributed by atoms with Gasteiger partial charge in [-0.2, -0.15) is 17.6 Å². The summed E-state index contributed by atoms with van der Waals surface area (Å²) in [6, 6.07) is 8.46. The van der Waals surface area contributed by atoms with Gasteiger partial charge in [0.1, 0.15) is 11.5 Å². The van der Waals surface area contributed by atoms with Gasteiger partial charge in [0.05, 0.1) is 11.1 Å². The molecule has 0 unspecified atom stereocenters. The number of hydrogen-bond donors (Lipinski definition) is 0. The SMILES string of the molecule is [K+].[K+].[O-]c1ccccc1Oc1c(F)c(F)c(-c2c(F)c(F)c(Oc3ccccc3[O-])c(F)c2F)c(F)c1F. The molecule has 0 saturated carbocycles. The fourth-order valence-electron chi connectivity index (χ4n) is 3.13. The molecule has 0 atom stereocenters. The van der Waals surface area contributed by atoms with Crippen LogP contribution < -0.4 is 122 Å². The first-order chi connectivity index (χ1) is 17.0. The largest absolute Gasteiger partial charge is 1.00 e. The molecule has 0 spiro atoms. The maximum Gasteiger partial charge on any atom is 1.00 e. The van der Waals surface area contributed by atoms with E-state index in [-0.39, 0.29) is 103 Å². The molecule has 0 heterocycles. The number of para-hydroxylation sites is 4. The molecule has 0 aliphatic rings. The predicted molar refractivity (Wildman–Crippen MR) is 103 cm³/mol. The molecule has 38 heavy (non-hydrogen) atoms. The molecule has 0 N–H and O–H groups in total. The Morgan fingerprint density at radius 1 is 0.421 bits per heavy atom. The Morgan fingerprint density at radius 3 is 0.947 bits per heavy atom. The topological polar surface area (TPSA) is 64.6 Å². The van der Waals surface area contributed by atoms with Crippen molar-refractivity contribution in [2.75, 3.05) is 0 Å². The molecular weight excluding hydrogens is 582 g/mol. The van der Waals surface area contributed by atoms with E-state index < -0.39 is 92.2 Å². The van der Waals surface area contributed by atoms with Crippen molar-refractivity contribution in [1.29, 1.82) is 0 Å². The van der Waals surface area contributed by atoms with E-state index >= 15 is 0 Å². The molecule has 0 saturated heterocycles. The summed E-state index contributed by atoms with van der Waals surface area (Å²) in [5.41, 5.74) is -4.28. The van der Waals surface area contributed by atoms with Crippen LogP contribution in [0.3, 0.4) is 0 Å². The second-order valence-electron chi connectivity index (χ2n) is 7.02. The number of halogens is 8. The summed E-state index contributed by atoms with van der Waals surface area (Å²) in [4.78, 5) is 0. The maximum absolute atomic E-state index is 14.7. The standard InChI is InChI=1S/C24H10F8O4.2K/c25-15-13(16(26)20(30)23(19(15)29)35-11-7-3-1-5-9(11)33)14-17(27)21(31)24(22(32)18(14)28)36-12-8-4-2-6-10(12)34;;/h1-8,33-34H;;/q;2*+1/p-2. The normalized spacial score (nSPS) is 10.4. The van der Waals surface area contributed by atoms with E-state index in [1.165, 1.54) is 24.3 Å². The summed E-state index contributed by atoms with van der Waals surface area (Å²) in [7, 11) is 0. The smallest absolute Gasteiger partial charge is 0.870 e. The van der Waals surface area contributed by atoms with E-state index in [9.17, 15) is 45.3 Å². The van der Waals surface area contributed by atoms with Crippen LogP contribution in [0.2, 0.25) is 0 Å². The van der Waals surface area contributed by atoms with Crippen molar-refractivity contribution in [3.63, 3.8) is 0 Å². The third-order valence-corrected chi connectivity index (χ3v) is 4.82. The first kappa shape index (κ1) is 33.0. The van der Waals surface area contributed by atoms with Crippen LogP contribution in [0, 0.1) is 46.5 Å². The molecule has 0 bridgehead atoms. The first-order valence-electron chi connectivity index (χ1n) is 9.64. The molecule has 0 radical (unpaired) electrons. The van der Waals surface area contributed by atoms with Gasteiger partial charge >= 0.3 is 103 Å². The van der Waals surface area contributed by atoms with Crippen molar-refractivity contribution in [1.82, 2.24) is 0 Å². The molecular formula is C24H8F8K2O4. The van der Waals surface area contributed by atoms with Gasteiger partial charge < -0.3 is 19.7 Å². The zero-order valence-electron chi connectivity index (χ0n) is 19.3. The predicted octanol–water partition coefficient (Wildman–Crippen LogP) is 0.206. The van der Waals surface area contributed by atoms with Gasteiger partial charge in [-0.05, 0) is 12.1 Å². The van der Waals surface area contributed by atoms with Crippen LogP contribution in [-0.4, -0.2) is 0 Å². The third-order valence-electron chi connectivity index (χ3n) is 4.82. The Labute approximate surface area is 294 Å². The molecule has 0 aromatic heterocycles. The Kier molecular flexibility index (Phi) is 11.7. The van der Waals surface area contributed by atoms with Gasteiger partial charge in [-0.1, -0.05) is 47.9 Å². The van der Waals surface area contributed by atoms with Crippen molar-refractivity contribution >= 4 is 0 Å². The fraction of sp³-hybridized carbons (Fsp3) is 0. The summed E-state index contributed by atoms with van der Waals surface area (Å²) >= 11 is 0. The van der Waals surface area contributed by atoms with Gasteiger partial charge in [0.15, 0.2) is 23.3 Å². The summed E-state index contributed by atoms with van der Waals surface area (Å²) in [5, 5.41) is 23.4. The van der Waals surface area contributed by atoms with Crippen molar-refractivity contribution in [2.45, 2.75) is 0 Å². The number of ether oxygens (including phenoxy) is 2. The van der Waals surface area contributed by atoms with Gasteiger partial charge in [-0.15, -0.1) is 0 Å². The van der Waals surface area contributed by atoms with Gasteiger partial charge in [0.25, 0.3) is 0 Å². The second-order valence-corrected chi connectivity index (χ2v) is 7.02. The molecule has 0 aliphatic heterocycles. The summed E-state index contributed by atoms with van der Waals surface area (Å²) in [5.74, 6) is -26.3. The van der Waals surface area contributed by atoms with Crippen molar-refractivity contribution in [3.05, 3.63) is 95.1 Å². The van der Waals surface area contributed by atoms with Crippen LogP contribution in [-0.2, 0) is 0 Å². The molecule has 4 nitrogen and oxygen atoms in total. The van der Waals surface area contributed by atoms with Gasteiger partial charge in [-0.25, -0.2) is 17.6 Å². The first-order valence-corrected chi connectivity index (χ1v) is 9.64. The molecule has 4 aromatic rings. The zero-order chi connectivity index (χ0) is 26.3. The Bertz CT molecular complexity index is 1350. The minimum absolute atomic E-state index is 0. The van der Waals surface area contributed by atoms with Crippen molar-refractivity contribution in [2.24, 2.45) is 0 Å². The fourth-order valence-corrected chi connectivity index (χ4v) is 3.13. The second kappa shape index (κ2) is 13.4. The van der Waals surface area contributed by atoms with Crippen LogP contribution in [0.4, 0.5) is 35.1 Å². The van der Waals surface area contributed by atoms with Gasteiger partial charge in [0.2, 0.25) is 34.8 Å². The van der Waals surface area contributed by atoms with Crippen LogP contribution in [0.25, 0.3) is 11.1 Å². The Hall–Kier alpha value is -1.21. The quantitative estimate of drug-likeness (QED) is 0.190. The minimum atomic E-state index is -2.48. The Balaban J connectivity index is 0.00000253. The Morgan fingerprint density at radius 2 is 0.684 bits per heavy atom. The number of hydrogen-bond acceptors (Lipinski definition) is 4. The molecule has 0 aliphatic carbocycles. The molecule has 186 valence electrons. The summed E-state index contributed by atoms with van der Waals surface area (Å²) < 4.78 is 126. The molecule has 4 rings (SSSR count). The van der Waals surface area contributed by atoms with E-state index in [4.69, 9.17) is 0 Å². The number of rotatable bonds is 5. The maximum atomic E-state index is 14.7. The van der Waals surface area contributed by atoms with Gasteiger partial charge in [-0.3, -0.25) is 0 Å². The molecule has 0 amide bonds. The van der Waals surface area contributed by atoms with E-state index in [2.05, 4.69) is 9.47 Å². The van der Waals surface area contributed by atoms with Gasteiger partial charge in [0, 0.05) is 0 Å². The molecule has 0 fully saturated rings. The average Bonchev–Trinajstić information content (AvgIpc) is 2.86.